The van der Waals surface area contributed by atoms with Gasteiger partial charge >= 0.3 is 0 Å². The summed E-state index contributed by atoms with van der Waals surface area (Å²) in [6.07, 6.45) is 8.30. The van der Waals surface area contributed by atoms with Gasteiger partial charge in [-0.05, 0) is 37.5 Å². The molecule has 1 aliphatic carbocycles. The second-order valence-corrected chi connectivity index (χ2v) is 5.88. The lowest BCUT2D eigenvalue weighted by atomic mass is 9.96. The van der Waals surface area contributed by atoms with Gasteiger partial charge in [0.25, 0.3) is 0 Å². The summed E-state index contributed by atoms with van der Waals surface area (Å²) >= 11 is 0. The van der Waals surface area contributed by atoms with Crippen LogP contribution in [0.1, 0.15) is 31.2 Å². The highest BCUT2D eigenvalue weighted by molar-refractivity contribution is 5.53. The van der Waals surface area contributed by atoms with Crippen LogP contribution in [0.15, 0.2) is 42.9 Å². The summed E-state index contributed by atoms with van der Waals surface area (Å²) in [6, 6.07) is 10.4. The topological polar surface area (TPSA) is 49.8 Å². The van der Waals surface area contributed by atoms with E-state index in [0.717, 1.165) is 12.4 Å². The Balaban J connectivity index is 1.72. The van der Waals surface area contributed by atoms with Crippen molar-refractivity contribution in [3.05, 3.63) is 48.4 Å². The smallest absolute Gasteiger partial charge is 0.129 e. The largest absolute Gasteiger partial charge is 0.378 e. The first-order valence-electron chi connectivity index (χ1n) is 7.61. The molecule has 1 fully saturated rings. The SMILES string of the molecule is Cc1ccccc1NC1(CNc2ccncn2)CCCC1. The van der Waals surface area contributed by atoms with Gasteiger partial charge in [0, 0.05) is 18.4 Å². The quantitative estimate of drug-likeness (QED) is 0.879. The van der Waals surface area contributed by atoms with Crippen LogP contribution in [-0.2, 0) is 0 Å². The molecule has 4 heteroatoms. The van der Waals surface area contributed by atoms with E-state index in [1.807, 2.05) is 6.07 Å². The Morgan fingerprint density at radius 2 is 1.95 bits per heavy atom. The van der Waals surface area contributed by atoms with Crippen LogP contribution in [0.4, 0.5) is 11.5 Å². The van der Waals surface area contributed by atoms with Gasteiger partial charge in [-0.1, -0.05) is 31.0 Å². The number of nitrogens with one attached hydrogen (secondary N) is 2. The minimum Gasteiger partial charge on any atom is -0.378 e. The van der Waals surface area contributed by atoms with Crippen molar-refractivity contribution < 1.29 is 0 Å². The molecule has 0 aliphatic heterocycles. The maximum Gasteiger partial charge on any atom is 0.129 e. The van der Waals surface area contributed by atoms with Crippen LogP contribution in [0.25, 0.3) is 0 Å². The van der Waals surface area contributed by atoms with Crippen LogP contribution in [0.5, 0.6) is 0 Å². The van der Waals surface area contributed by atoms with Crippen molar-refractivity contribution in [1.29, 1.82) is 0 Å². The van der Waals surface area contributed by atoms with Crippen LogP contribution >= 0.6 is 0 Å². The maximum absolute atomic E-state index is 4.25. The van der Waals surface area contributed by atoms with Crippen LogP contribution in [0, 0.1) is 6.92 Å². The molecule has 0 bridgehead atoms. The molecule has 0 amide bonds. The van der Waals surface area contributed by atoms with Crippen LogP contribution in [0.2, 0.25) is 0 Å². The van der Waals surface area contributed by atoms with Crippen molar-refractivity contribution >= 4 is 11.5 Å². The molecule has 4 nitrogen and oxygen atoms in total. The van der Waals surface area contributed by atoms with Gasteiger partial charge in [-0.25, -0.2) is 9.97 Å². The van der Waals surface area contributed by atoms with Crippen LogP contribution in [-0.4, -0.2) is 22.1 Å². The van der Waals surface area contributed by atoms with Gasteiger partial charge in [-0.15, -0.1) is 0 Å². The van der Waals surface area contributed by atoms with E-state index < -0.39 is 0 Å². The third-order valence-electron chi connectivity index (χ3n) is 4.30. The van der Waals surface area contributed by atoms with Crippen LogP contribution in [0.3, 0.4) is 0 Å². The van der Waals surface area contributed by atoms with Crippen molar-refractivity contribution in [2.45, 2.75) is 38.1 Å². The van der Waals surface area contributed by atoms with Crippen molar-refractivity contribution in [1.82, 2.24) is 9.97 Å². The van der Waals surface area contributed by atoms with E-state index in [0.29, 0.717) is 0 Å². The first kappa shape index (κ1) is 13.9. The fraction of sp³-hybridized carbons (Fsp3) is 0.412. The molecule has 3 rings (SSSR count). The van der Waals surface area contributed by atoms with Gasteiger partial charge in [0.05, 0.1) is 5.54 Å². The molecule has 1 heterocycles. The van der Waals surface area contributed by atoms with Gasteiger partial charge in [-0.3, -0.25) is 0 Å². The van der Waals surface area contributed by atoms with Gasteiger partial charge in [0.1, 0.15) is 12.1 Å². The lowest BCUT2D eigenvalue weighted by Crippen LogP contribution is -2.42. The third-order valence-corrected chi connectivity index (χ3v) is 4.30. The number of hydrogen-bond acceptors (Lipinski definition) is 4. The minimum absolute atomic E-state index is 0.122. The number of rotatable bonds is 5. The number of benzene rings is 1. The van der Waals surface area contributed by atoms with E-state index >= 15 is 0 Å². The first-order chi connectivity index (χ1) is 10.3. The summed E-state index contributed by atoms with van der Waals surface area (Å²) in [4.78, 5) is 8.20. The highest BCUT2D eigenvalue weighted by Gasteiger charge is 2.33. The number of para-hydroxylation sites is 1. The molecule has 1 saturated carbocycles. The van der Waals surface area contributed by atoms with Gasteiger partial charge < -0.3 is 10.6 Å². The second-order valence-electron chi connectivity index (χ2n) is 5.88. The van der Waals surface area contributed by atoms with E-state index in [1.54, 1.807) is 12.5 Å². The van der Waals surface area contributed by atoms with E-state index in [9.17, 15) is 0 Å². The number of nitrogens with zero attached hydrogens (tertiary/aromatic N) is 2. The Morgan fingerprint density at radius 1 is 1.14 bits per heavy atom. The highest BCUT2D eigenvalue weighted by atomic mass is 15.1. The molecular weight excluding hydrogens is 260 g/mol. The molecule has 0 atom stereocenters. The van der Waals surface area contributed by atoms with Crippen molar-refractivity contribution in [2.24, 2.45) is 0 Å². The molecule has 0 unspecified atom stereocenters. The van der Waals surface area contributed by atoms with Gasteiger partial charge in [0.2, 0.25) is 0 Å². The normalized spacial score (nSPS) is 16.6. The zero-order valence-corrected chi connectivity index (χ0v) is 12.5. The lowest BCUT2D eigenvalue weighted by molar-refractivity contribution is 0.506. The summed E-state index contributed by atoms with van der Waals surface area (Å²) in [5.41, 5.74) is 2.66. The maximum atomic E-state index is 4.25. The molecule has 0 radical (unpaired) electrons. The molecule has 2 N–H and O–H groups in total. The summed E-state index contributed by atoms with van der Waals surface area (Å²) in [6.45, 7) is 3.04. The molecule has 0 spiro atoms. The predicted molar refractivity (Wildman–Crippen MR) is 86.5 cm³/mol. The molecule has 110 valence electrons. The number of aryl methyl sites for hydroxylation is 1. The van der Waals surface area contributed by atoms with E-state index in [-0.39, 0.29) is 5.54 Å². The Morgan fingerprint density at radius 3 is 2.67 bits per heavy atom. The molecular formula is C17H22N4. The lowest BCUT2D eigenvalue weighted by Gasteiger charge is -2.32. The Hall–Kier alpha value is -2.10. The predicted octanol–water partition coefficient (Wildman–Crippen LogP) is 3.62. The average Bonchev–Trinajstić information content (AvgIpc) is 2.98. The Bertz CT molecular complexity index is 576. The molecule has 21 heavy (non-hydrogen) atoms. The molecule has 0 saturated heterocycles. The number of aromatic nitrogens is 2. The number of anilines is 2. The molecule has 1 aromatic heterocycles. The van der Waals surface area contributed by atoms with E-state index in [1.165, 1.54) is 36.9 Å². The van der Waals surface area contributed by atoms with E-state index in [2.05, 4.69) is 51.8 Å². The fourth-order valence-electron chi connectivity index (χ4n) is 3.05. The minimum atomic E-state index is 0.122. The van der Waals surface area contributed by atoms with Gasteiger partial charge in [-0.2, -0.15) is 0 Å². The van der Waals surface area contributed by atoms with Crippen molar-refractivity contribution in [2.75, 3.05) is 17.2 Å². The monoisotopic (exact) mass is 282 g/mol. The third kappa shape index (κ3) is 3.32. The second kappa shape index (κ2) is 6.12. The summed E-state index contributed by atoms with van der Waals surface area (Å²) in [7, 11) is 0. The first-order valence-corrected chi connectivity index (χ1v) is 7.61. The zero-order chi connectivity index (χ0) is 14.5. The standard InChI is InChI=1S/C17H22N4/c1-14-6-2-3-7-15(14)21-17(9-4-5-10-17)12-19-16-8-11-18-13-20-16/h2-3,6-8,11,13,21H,4-5,9-10,12H2,1H3,(H,18,19,20). The van der Waals surface area contributed by atoms with Crippen molar-refractivity contribution in [3.8, 4) is 0 Å². The number of hydrogen-bond donors (Lipinski definition) is 2. The molecule has 2 aromatic rings. The summed E-state index contributed by atoms with van der Waals surface area (Å²) in [5, 5.41) is 7.24. The zero-order valence-electron chi connectivity index (χ0n) is 12.5. The Labute approximate surface area is 126 Å². The summed E-state index contributed by atoms with van der Waals surface area (Å²) < 4.78 is 0. The highest BCUT2D eigenvalue weighted by Crippen LogP contribution is 2.34. The summed E-state index contributed by atoms with van der Waals surface area (Å²) in [5.74, 6) is 0.892. The van der Waals surface area contributed by atoms with Crippen molar-refractivity contribution in [3.63, 3.8) is 0 Å². The molecule has 1 aromatic carbocycles. The van der Waals surface area contributed by atoms with Crippen LogP contribution < -0.4 is 10.6 Å². The fourth-order valence-corrected chi connectivity index (χ4v) is 3.05. The Kier molecular flexibility index (Phi) is 4.04. The van der Waals surface area contributed by atoms with E-state index in [4.69, 9.17) is 0 Å². The molecule has 1 aliphatic rings. The van der Waals surface area contributed by atoms with Gasteiger partial charge in [0.15, 0.2) is 0 Å². The average molecular weight is 282 g/mol.